The van der Waals surface area contributed by atoms with Gasteiger partial charge in [0.1, 0.15) is 0 Å². The number of anilines is 1. The van der Waals surface area contributed by atoms with E-state index in [9.17, 15) is 9.90 Å². The highest BCUT2D eigenvalue weighted by molar-refractivity contribution is 7.99. The first-order valence-corrected chi connectivity index (χ1v) is 7.67. The lowest BCUT2D eigenvalue weighted by Gasteiger charge is -2.33. The summed E-state index contributed by atoms with van der Waals surface area (Å²) >= 11 is 1.88. The van der Waals surface area contributed by atoms with Gasteiger partial charge < -0.3 is 15.3 Å². The minimum Gasteiger partial charge on any atom is -0.389 e. The Morgan fingerprint density at radius 3 is 3.05 bits per heavy atom. The molecule has 104 valence electrons. The second kappa shape index (κ2) is 6.30. The van der Waals surface area contributed by atoms with Gasteiger partial charge in [0.15, 0.2) is 0 Å². The Balaban J connectivity index is 2.03. The van der Waals surface area contributed by atoms with Crippen LogP contribution in [0.15, 0.2) is 24.3 Å². The number of nitrogens with one attached hydrogen (secondary N) is 1. The number of carbonyl (C=O) groups is 1. The van der Waals surface area contributed by atoms with E-state index in [1.807, 2.05) is 40.9 Å². The summed E-state index contributed by atoms with van der Waals surface area (Å²) in [6.07, 6.45) is -0.526. The van der Waals surface area contributed by atoms with Gasteiger partial charge in [-0.05, 0) is 31.5 Å². The minimum absolute atomic E-state index is 0.0597. The van der Waals surface area contributed by atoms with Gasteiger partial charge in [0.05, 0.1) is 6.10 Å². The number of rotatable bonds is 2. The predicted molar refractivity (Wildman–Crippen MR) is 79.6 cm³/mol. The van der Waals surface area contributed by atoms with Crippen molar-refractivity contribution in [1.82, 2.24) is 4.90 Å². The lowest BCUT2D eigenvalue weighted by atomic mass is 10.1. The molecule has 0 bridgehead atoms. The lowest BCUT2D eigenvalue weighted by molar-refractivity contribution is 0.198. The van der Waals surface area contributed by atoms with E-state index in [1.165, 1.54) is 0 Å². The van der Waals surface area contributed by atoms with Crippen molar-refractivity contribution in [2.24, 2.45) is 0 Å². The Morgan fingerprint density at radius 2 is 2.37 bits per heavy atom. The third-order valence-corrected chi connectivity index (χ3v) is 4.44. The van der Waals surface area contributed by atoms with Crippen LogP contribution in [0.3, 0.4) is 0 Å². The first kappa shape index (κ1) is 14.2. The number of amides is 2. The van der Waals surface area contributed by atoms with E-state index in [-0.39, 0.29) is 12.1 Å². The third-order valence-electron chi connectivity index (χ3n) is 3.25. The smallest absolute Gasteiger partial charge is 0.322 e. The normalized spacial score (nSPS) is 21.0. The number of hydrogen-bond donors (Lipinski definition) is 2. The molecular weight excluding hydrogens is 260 g/mol. The Labute approximate surface area is 118 Å². The molecule has 2 atom stereocenters. The van der Waals surface area contributed by atoms with Gasteiger partial charge in [-0.2, -0.15) is 11.8 Å². The zero-order valence-corrected chi connectivity index (χ0v) is 12.1. The van der Waals surface area contributed by atoms with Crippen LogP contribution in [0, 0.1) is 0 Å². The average molecular weight is 280 g/mol. The molecule has 0 aliphatic carbocycles. The number of benzene rings is 1. The highest BCUT2D eigenvalue weighted by atomic mass is 32.2. The van der Waals surface area contributed by atoms with Gasteiger partial charge in [0, 0.05) is 29.8 Å². The van der Waals surface area contributed by atoms with E-state index in [2.05, 4.69) is 12.2 Å². The average Bonchev–Trinajstić information content (AvgIpc) is 2.39. The molecule has 2 N–H and O–H groups in total. The van der Waals surface area contributed by atoms with Gasteiger partial charge in [-0.3, -0.25) is 0 Å². The maximum atomic E-state index is 12.2. The zero-order valence-electron chi connectivity index (χ0n) is 11.3. The third kappa shape index (κ3) is 3.64. The molecule has 1 aromatic carbocycles. The van der Waals surface area contributed by atoms with Crippen molar-refractivity contribution in [2.75, 3.05) is 23.4 Å². The molecule has 1 fully saturated rings. The highest BCUT2D eigenvalue weighted by Gasteiger charge is 2.23. The monoisotopic (exact) mass is 280 g/mol. The molecule has 0 aromatic heterocycles. The Morgan fingerprint density at radius 1 is 1.58 bits per heavy atom. The maximum absolute atomic E-state index is 12.2. The van der Waals surface area contributed by atoms with Crippen LogP contribution in [0.25, 0.3) is 0 Å². The van der Waals surface area contributed by atoms with Crippen molar-refractivity contribution in [1.29, 1.82) is 0 Å². The molecule has 1 saturated heterocycles. The van der Waals surface area contributed by atoms with Gasteiger partial charge in [-0.25, -0.2) is 4.79 Å². The topological polar surface area (TPSA) is 52.6 Å². The fourth-order valence-electron chi connectivity index (χ4n) is 2.10. The van der Waals surface area contributed by atoms with Crippen LogP contribution in [-0.4, -0.2) is 40.1 Å². The van der Waals surface area contributed by atoms with E-state index in [0.29, 0.717) is 0 Å². The summed E-state index contributed by atoms with van der Waals surface area (Å²) in [4.78, 5) is 14.1. The summed E-state index contributed by atoms with van der Waals surface area (Å²) in [5, 5.41) is 12.5. The molecule has 2 rings (SSSR count). The molecule has 2 unspecified atom stereocenters. The minimum atomic E-state index is -0.526. The molecule has 1 aromatic rings. The first-order valence-electron chi connectivity index (χ1n) is 6.51. The molecule has 1 heterocycles. The Hall–Kier alpha value is -1.20. The van der Waals surface area contributed by atoms with Crippen molar-refractivity contribution >= 4 is 23.5 Å². The molecule has 0 spiro atoms. The molecule has 1 aliphatic rings. The summed E-state index contributed by atoms with van der Waals surface area (Å²) < 4.78 is 0. The first-order chi connectivity index (χ1) is 9.08. The summed E-state index contributed by atoms with van der Waals surface area (Å²) in [6.45, 7) is 4.57. The molecule has 4 nitrogen and oxygen atoms in total. The zero-order chi connectivity index (χ0) is 13.8. The second-order valence-corrected chi connectivity index (χ2v) is 6.00. The number of nitrogens with zero attached hydrogens (tertiary/aromatic N) is 1. The van der Waals surface area contributed by atoms with Gasteiger partial charge in [-0.1, -0.05) is 12.1 Å². The van der Waals surface area contributed by atoms with Crippen molar-refractivity contribution < 1.29 is 9.90 Å². The number of urea groups is 1. The van der Waals surface area contributed by atoms with Crippen LogP contribution in [0.1, 0.15) is 25.5 Å². The van der Waals surface area contributed by atoms with Crippen molar-refractivity contribution in [2.45, 2.75) is 26.0 Å². The van der Waals surface area contributed by atoms with Crippen LogP contribution in [0.5, 0.6) is 0 Å². The van der Waals surface area contributed by atoms with Gasteiger partial charge in [0.25, 0.3) is 0 Å². The summed E-state index contributed by atoms with van der Waals surface area (Å²) in [5.41, 5.74) is 1.54. The van der Waals surface area contributed by atoms with Gasteiger partial charge in [0.2, 0.25) is 0 Å². The summed E-state index contributed by atoms with van der Waals surface area (Å²) in [5.74, 6) is 1.98. The van der Waals surface area contributed by atoms with Crippen molar-refractivity contribution in [3.8, 4) is 0 Å². The lowest BCUT2D eigenvalue weighted by Crippen LogP contribution is -2.46. The second-order valence-electron chi connectivity index (χ2n) is 4.85. The van der Waals surface area contributed by atoms with E-state index < -0.39 is 6.10 Å². The van der Waals surface area contributed by atoms with Crippen LogP contribution < -0.4 is 5.32 Å². The molecule has 1 aliphatic heterocycles. The number of aliphatic hydroxyl groups excluding tert-OH is 1. The quantitative estimate of drug-likeness (QED) is 0.876. The number of carbonyl (C=O) groups excluding carboxylic acids is 1. The van der Waals surface area contributed by atoms with E-state index in [1.54, 1.807) is 6.92 Å². The molecular formula is C14H20N2O2S. The fourth-order valence-corrected chi connectivity index (χ4v) is 3.11. The van der Waals surface area contributed by atoms with Crippen LogP contribution in [0.2, 0.25) is 0 Å². The molecule has 0 radical (unpaired) electrons. The molecule has 5 heteroatoms. The van der Waals surface area contributed by atoms with Gasteiger partial charge >= 0.3 is 6.03 Å². The summed E-state index contributed by atoms with van der Waals surface area (Å²) in [6, 6.07) is 7.54. The molecule has 2 amide bonds. The van der Waals surface area contributed by atoms with Crippen LogP contribution >= 0.6 is 11.8 Å². The van der Waals surface area contributed by atoms with E-state index in [4.69, 9.17) is 0 Å². The summed E-state index contributed by atoms with van der Waals surface area (Å²) in [7, 11) is 0. The maximum Gasteiger partial charge on any atom is 0.322 e. The standard InChI is InChI=1S/C14H20N2O2S/c1-10-9-19-7-6-16(10)14(18)15-13-5-3-4-12(8-13)11(2)17/h3-5,8,10-11,17H,6-7,9H2,1-2H3,(H,15,18). The highest BCUT2D eigenvalue weighted by Crippen LogP contribution is 2.20. The number of thioether (sulfide) groups is 1. The van der Waals surface area contributed by atoms with Crippen LogP contribution in [0.4, 0.5) is 10.5 Å². The Bertz CT molecular complexity index is 451. The molecule has 0 saturated carbocycles. The molecule has 19 heavy (non-hydrogen) atoms. The fraction of sp³-hybridized carbons (Fsp3) is 0.500. The van der Waals surface area contributed by atoms with Crippen LogP contribution in [-0.2, 0) is 0 Å². The van der Waals surface area contributed by atoms with Gasteiger partial charge in [-0.15, -0.1) is 0 Å². The van der Waals surface area contributed by atoms with Crippen molar-refractivity contribution in [3.05, 3.63) is 29.8 Å². The van der Waals surface area contributed by atoms with Crippen molar-refractivity contribution in [3.63, 3.8) is 0 Å². The SMILES string of the molecule is CC(O)c1cccc(NC(=O)N2CCSCC2C)c1. The Kier molecular flexibility index (Phi) is 4.71. The predicted octanol–water partition coefficient (Wildman–Crippen LogP) is 2.71. The van der Waals surface area contributed by atoms with E-state index in [0.717, 1.165) is 29.3 Å². The number of hydrogen-bond acceptors (Lipinski definition) is 3. The number of aliphatic hydroxyl groups is 1. The van der Waals surface area contributed by atoms with E-state index >= 15 is 0 Å². The largest absolute Gasteiger partial charge is 0.389 e.